The second kappa shape index (κ2) is 9.43. The number of hydrogen-bond donors (Lipinski definition) is 2. The van der Waals surface area contributed by atoms with Crippen LogP contribution in [0, 0.1) is 0 Å². The third-order valence-electron chi connectivity index (χ3n) is 3.94. The van der Waals surface area contributed by atoms with Crippen LogP contribution in [0.1, 0.15) is 20.7 Å². The first-order chi connectivity index (χ1) is 14.6. The molecular formula is C20H14N8O2. The summed E-state index contributed by atoms with van der Waals surface area (Å²) in [6.45, 7) is 0. The minimum Gasteiger partial charge on any atom is -0.322 e. The van der Waals surface area contributed by atoms with Gasteiger partial charge in [-0.15, -0.1) is 0 Å². The number of benzene rings is 3. The lowest BCUT2D eigenvalue weighted by atomic mass is 10.1. The Labute approximate surface area is 170 Å². The quantitative estimate of drug-likeness (QED) is 0.293. The molecule has 0 radical (unpaired) electrons. The summed E-state index contributed by atoms with van der Waals surface area (Å²) in [5.41, 5.74) is 19.4. The Bertz CT molecular complexity index is 1100. The largest absolute Gasteiger partial charge is 0.322 e. The molecule has 3 aromatic rings. The number of amides is 2. The first kappa shape index (κ1) is 20.0. The molecule has 3 rings (SSSR count). The van der Waals surface area contributed by atoms with Gasteiger partial charge in [0.2, 0.25) is 0 Å². The van der Waals surface area contributed by atoms with Gasteiger partial charge in [-0.05, 0) is 59.6 Å². The van der Waals surface area contributed by atoms with Crippen LogP contribution < -0.4 is 10.6 Å². The molecule has 0 unspecified atom stereocenters. The normalized spacial score (nSPS) is 9.60. The molecular weight excluding hydrogens is 384 g/mol. The van der Waals surface area contributed by atoms with Crippen LogP contribution in [0.25, 0.3) is 20.9 Å². The number of nitrogens with zero attached hydrogens (tertiary/aromatic N) is 6. The fourth-order valence-electron chi connectivity index (χ4n) is 2.57. The highest BCUT2D eigenvalue weighted by Gasteiger charge is 2.10. The topological polar surface area (TPSA) is 156 Å². The molecule has 0 heterocycles. The van der Waals surface area contributed by atoms with Crippen molar-refractivity contribution in [3.8, 4) is 0 Å². The zero-order valence-corrected chi connectivity index (χ0v) is 15.4. The van der Waals surface area contributed by atoms with Crippen LogP contribution in [0.2, 0.25) is 0 Å². The molecule has 30 heavy (non-hydrogen) atoms. The van der Waals surface area contributed by atoms with Crippen molar-refractivity contribution in [1.82, 2.24) is 0 Å². The van der Waals surface area contributed by atoms with E-state index in [1.807, 2.05) is 0 Å². The first-order valence-corrected chi connectivity index (χ1v) is 8.62. The van der Waals surface area contributed by atoms with Crippen LogP contribution in [0.5, 0.6) is 0 Å². The zero-order valence-electron chi connectivity index (χ0n) is 15.4. The molecule has 2 N–H and O–H groups in total. The van der Waals surface area contributed by atoms with Gasteiger partial charge in [-0.2, -0.15) is 0 Å². The molecule has 10 heteroatoms. The Balaban J connectivity index is 1.68. The predicted octanol–water partition coefficient (Wildman–Crippen LogP) is 6.07. The highest BCUT2D eigenvalue weighted by atomic mass is 16.2. The van der Waals surface area contributed by atoms with Gasteiger partial charge in [-0.25, -0.2) is 0 Å². The molecule has 0 aromatic heterocycles. The first-order valence-electron chi connectivity index (χ1n) is 8.62. The van der Waals surface area contributed by atoms with E-state index in [2.05, 4.69) is 30.7 Å². The van der Waals surface area contributed by atoms with Gasteiger partial charge in [0, 0.05) is 43.7 Å². The van der Waals surface area contributed by atoms with E-state index in [0.717, 1.165) is 0 Å². The summed E-state index contributed by atoms with van der Waals surface area (Å²) in [5, 5.41) is 12.4. The average molecular weight is 398 g/mol. The van der Waals surface area contributed by atoms with E-state index in [4.69, 9.17) is 11.1 Å². The summed E-state index contributed by atoms with van der Waals surface area (Å²) < 4.78 is 0. The zero-order chi connectivity index (χ0) is 21.3. The lowest BCUT2D eigenvalue weighted by Crippen LogP contribution is -2.14. The van der Waals surface area contributed by atoms with Gasteiger partial charge < -0.3 is 10.6 Å². The summed E-state index contributed by atoms with van der Waals surface area (Å²) in [4.78, 5) is 30.2. The van der Waals surface area contributed by atoms with E-state index in [-0.39, 0.29) is 11.8 Å². The fraction of sp³-hybridized carbons (Fsp3) is 0. The second-order valence-electron chi connectivity index (χ2n) is 5.97. The Morgan fingerprint density at radius 2 is 1.07 bits per heavy atom. The Hall–Kier alpha value is -4.78. The van der Waals surface area contributed by atoms with Crippen molar-refractivity contribution in [2.45, 2.75) is 0 Å². The van der Waals surface area contributed by atoms with Gasteiger partial charge in [0.05, 0.1) is 0 Å². The molecule has 0 saturated carbocycles. The number of anilines is 2. The minimum absolute atomic E-state index is 0.353. The Kier molecular flexibility index (Phi) is 6.27. The smallest absolute Gasteiger partial charge is 0.255 e. The fourth-order valence-corrected chi connectivity index (χ4v) is 2.57. The van der Waals surface area contributed by atoms with E-state index in [0.29, 0.717) is 33.9 Å². The molecule has 0 aliphatic rings. The highest BCUT2D eigenvalue weighted by molar-refractivity contribution is 6.07. The lowest BCUT2D eigenvalue weighted by molar-refractivity contribution is 0.101. The number of azide groups is 2. The van der Waals surface area contributed by atoms with Crippen molar-refractivity contribution in [1.29, 1.82) is 0 Å². The minimum atomic E-state index is -0.373. The highest BCUT2D eigenvalue weighted by Crippen LogP contribution is 2.20. The lowest BCUT2D eigenvalue weighted by Gasteiger charge is -2.08. The molecule has 0 bridgehead atoms. The summed E-state index contributed by atoms with van der Waals surface area (Å²) in [6, 6.07) is 19.1. The maximum Gasteiger partial charge on any atom is 0.255 e. The maximum absolute atomic E-state index is 12.4. The average Bonchev–Trinajstić information content (AvgIpc) is 2.75. The molecule has 0 spiro atoms. The van der Waals surface area contributed by atoms with E-state index < -0.39 is 0 Å². The Morgan fingerprint density at radius 3 is 1.43 bits per heavy atom. The number of nitrogens with one attached hydrogen (secondary N) is 2. The molecule has 0 atom stereocenters. The number of hydrogen-bond acceptors (Lipinski definition) is 4. The van der Waals surface area contributed by atoms with Crippen molar-refractivity contribution in [3.05, 3.63) is 105 Å². The molecule has 0 saturated heterocycles. The standard InChI is InChI=1S/C20H14N8O2/c21-27-25-17-5-1-3-15(11-17)23-19(29)13-7-9-14(10-8-13)20(30)24-16-4-2-6-18(12-16)26-28-22/h1-12H,(H,23,29)(H,24,30). The molecule has 0 aliphatic carbocycles. The van der Waals surface area contributed by atoms with Gasteiger partial charge in [-0.1, -0.05) is 34.5 Å². The third-order valence-corrected chi connectivity index (χ3v) is 3.94. The molecule has 0 fully saturated rings. The second-order valence-corrected chi connectivity index (χ2v) is 5.97. The van der Waals surface area contributed by atoms with E-state index in [9.17, 15) is 9.59 Å². The van der Waals surface area contributed by atoms with Gasteiger partial charge in [0.15, 0.2) is 0 Å². The third kappa shape index (κ3) is 5.14. The number of carbonyl (C=O) groups excluding carboxylic acids is 2. The van der Waals surface area contributed by atoms with Crippen molar-refractivity contribution >= 4 is 34.6 Å². The maximum atomic E-state index is 12.4. The van der Waals surface area contributed by atoms with E-state index >= 15 is 0 Å². The van der Waals surface area contributed by atoms with Gasteiger partial charge in [0.25, 0.3) is 11.8 Å². The van der Waals surface area contributed by atoms with E-state index in [1.54, 1.807) is 48.5 Å². The van der Waals surface area contributed by atoms with Crippen LogP contribution in [0.4, 0.5) is 22.7 Å². The van der Waals surface area contributed by atoms with Gasteiger partial charge in [0.1, 0.15) is 0 Å². The van der Waals surface area contributed by atoms with Gasteiger partial charge >= 0.3 is 0 Å². The van der Waals surface area contributed by atoms with Crippen molar-refractivity contribution in [2.24, 2.45) is 10.2 Å². The SMILES string of the molecule is [N-]=[N+]=Nc1cccc(NC(=O)c2ccc(C(=O)Nc3cccc(N=[N+]=[N-])c3)cc2)c1. The number of rotatable bonds is 6. The number of carbonyl (C=O) groups is 2. The van der Waals surface area contributed by atoms with E-state index in [1.165, 1.54) is 24.3 Å². The van der Waals surface area contributed by atoms with Crippen molar-refractivity contribution < 1.29 is 9.59 Å². The van der Waals surface area contributed by atoms with Crippen molar-refractivity contribution in [2.75, 3.05) is 10.6 Å². The summed E-state index contributed by atoms with van der Waals surface area (Å²) in [5.74, 6) is -0.746. The summed E-state index contributed by atoms with van der Waals surface area (Å²) in [7, 11) is 0. The van der Waals surface area contributed by atoms with Crippen LogP contribution in [0.15, 0.2) is 83.0 Å². The summed E-state index contributed by atoms with van der Waals surface area (Å²) >= 11 is 0. The van der Waals surface area contributed by atoms with Crippen LogP contribution in [0.3, 0.4) is 0 Å². The molecule has 0 aliphatic heterocycles. The predicted molar refractivity (Wildman–Crippen MR) is 113 cm³/mol. The Morgan fingerprint density at radius 1 is 0.667 bits per heavy atom. The van der Waals surface area contributed by atoms with Crippen molar-refractivity contribution in [3.63, 3.8) is 0 Å². The molecule has 2 amide bonds. The summed E-state index contributed by atoms with van der Waals surface area (Å²) in [6.07, 6.45) is 0. The monoisotopic (exact) mass is 398 g/mol. The van der Waals surface area contributed by atoms with Crippen LogP contribution in [-0.4, -0.2) is 11.8 Å². The molecule has 146 valence electrons. The van der Waals surface area contributed by atoms with Crippen LogP contribution in [-0.2, 0) is 0 Å². The van der Waals surface area contributed by atoms with Gasteiger partial charge in [-0.3, -0.25) is 9.59 Å². The molecule has 3 aromatic carbocycles. The van der Waals surface area contributed by atoms with Crippen LogP contribution >= 0.6 is 0 Å². The molecule has 10 nitrogen and oxygen atoms in total.